The maximum absolute atomic E-state index is 4.36. The number of unbranched alkanes of at least 4 members (excludes halogenated alkanes) is 1. The molecule has 0 aliphatic carbocycles. The average molecular weight is 270 g/mol. The molecule has 0 fully saturated rings. The van der Waals surface area contributed by atoms with Gasteiger partial charge in [-0.05, 0) is 42.6 Å². The lowest BCUT2D eigenvalue weighted by Crippen LogP contribution is -2.22. The highest BCUT2D eigenvalue weighted by Crippen LogP contribution is 2.14. The lowest BCUT2D eigenvalue weighted by molar-refractivity contribution is 0.419. The summed E-state index contributed by atoms with van der Waals surface area (Å²) in [5.41, 5.74) is 2.42. The third kappa shape index (κ3) is 4.31. The summed E-state index contributed by atoms with van der Waals surface area (Å²) in [5, 5.41) is 4.83. The smallest absolute Gasteiger partial charge is 0.0702 e. The second kappa shape index (κ2) is 8.01. The van der Waals surface area contributed by atoms with Crippen molar-refractivity contribution >= 4 is 10.9 Å². The van der Waals surface area contributed by atoms with E-state index in [0.29, 0.717) is 0 Å². The summed E-state index contributed by atoms with van der Waals surface area (Å²) in [6.45, 7) is 6.64. The summed E-state index contributed by atoms with van der Waals surface area (Å²) >= 11 is 0. The predicted octanol–water partition coefficient (Wildman–Crippen LogP) is 4.54. The van der Waals surface area contributed by atoms with Crippen molar-refractivity contribution in [3.63, 3.8) is 0 Å². The van der Waals surface area contributed by atoms with Crippen LogP contribution in [0.3, 0.4) is 0 Å². The van der Waals surface area contributed by atoms with Crippen LogP contribution in [-0.4, -0.2) is 11.5 Å². The monoisotopic (exact) mass is 270 g/mol. The van der Waals surface area contributed by atoms with Crippen molar-refractivity contribution in [1.29, 1.82) is 0 Å². The molecule has 108 valence electrons. The molecule has 1 atom stereocenters. The van der Waals surface area contributed by atoms with E-state index < -0.39 is 0 Å². The Morgan fingerprint density at radius 2 is 2.10 bits per heavy atom. The molecule has 0 saturated carbocycles. The van der Waals surface area contributed by atoms with E-state index in [1.807, 2.05) is 12.3 Å². The second-order valence-electron chi connectivity index (χ2n) is 5.58. The predicted molar refractivity (Wildman–Crippen MR) is 86.8 cm³/mol. The second-order valence-corrected chi connectivity index (χ2v) is 5.58. The van der Waals surface area contributed by atoms with Crippen LogP contribution in [0.15, 0.2) is 36.5 Å². The molecule has 0 aliphatic rings. The van der Waals surface area contributed by atoms with Crippen LogP contribution in [0.5, 0.6) is 0 Å². The highest BCUT2D eigenvalue weighted by molar-refractivity contribution is 5.78. The van der Waals surface area contributed by atoms with Crippen molar-refractivity contribution in [1.82, 2.24) is 10.3 Å². The van der Waals surface area contributed by atoms with E-state index in [4.69, 9.17) is 0 Å². The number of hydrogen-bond acceptors (Lipinski definition) is 2. The summed E-state index contributed by atoms with van der Waals surface area (Å²) in [7, 11) is 0. The normalized spacial score (nSPS) is 12.7. The van der Waals surface area contributed by atoms with Crippen molar-refractivity contribution < 1.29 is 0 Å². The van der Waals surface area contributed by atoms with Gasteiger partial charge in [-0.3, -0.25) is 4.98 Å². The van der Waals surface area contributed by atoms with Gasteiger partial charge >= 0.3 is 0 Å². The van der Waals surface area contributed by atoms with Crippen LogP contribution >= 0.6 is 0 Å². The molecule has 1 aromatic heterocycles. The SMILES string of the molecule is CCCCC(CC)CNCc1ccc2ncccc2c1. The zero-order chi connectivity index (χ0) is 14.2. The number of fused-ring (bicyclic) bond motifs is 1. The molecule has 0 radical (unpaired) electrons. The highest BCUT2D eigenvalue weighted by atomic mass is 14.9. The molecule has 0 aliphatic heterocycles. The standard InChI is InChI=1S/C18H26N2/c1-3-5-7-15(4-2)13-19-14-16-9-10-18-17(12-16)8-6-11-20-18/h6,8-12,15,19H,3-5,7,13-14H2,1-2H3. The number of benzene rings is 1. The van der Waals surface area contributed by atoms with Crippen molar-refractivity contribution in [3.05, 3.63) is 42.1 Å². The van der Waals surface area contributed by atoms with Crippen molar-refractivity contribution in [2.24, 2.45) is 5.92 Å². The van der Waals surface area contributed by atoms with Crippen LogP contribution in [0.4, 0.5) is 0 Å². The molecule has 0 amide bonds. The highest BCUT2D eigenvalue weighted by Gasteiger charge is 2.05. The fourth-order valence-electron chi connectivity index (χ4n) is 2.60. The molecule has 2 aromatic rings. The lowest BCUT2D eigenvalue weighted by atomic mass is 9.99. The summed E-state index contributed by atoms with van der Waals surface area (Å²) in [5.74, 6) is 0.817. The van der Waals surface area contributed by atoms with Gasteiger partial charge in [0.1, 0.15) is 0 Å². The molecule has 20 heavy (non-hydrogen) atoms. The molecule has 2 nitrogen and oxygen atoms in total. The van der Waals surface area contributed by atoms with E-state index in [-0.39, 0.29) is 0 Å². The Balaban J connectivity index is 1.85. The van der Waals surface area contributed by atoms with Gasteiger partial charge in [0, 0.05) is 18.1 Å². The summed E-state index contributed by atoms with van der Waals surface area (Å²) in [6.07, 6.45) is 7.12. The summed E-state index contributed by atoms with van der Waals surface area (Å²) in [4.78, 5) is 4.36. The van der Waals surface area contributed by atoms with E-state index >= 15 is 0 Å². The van der Waals surface area contributed by atoms with Crippen LogP contribution in [0.25, 0.3) is 10.9 Å². The lowest BCUT2D eigenvalue weighted by Gasteiger charge is -2.15. The van der Waals surface area contributed by atoms with Gasteiger partial charge < -0.3 is 5.32 Å². The van der Waals surface area contributed by atoms with Crippen LogP contribution < -0.4 is 5.32 Å². The van der Waals surface area contributed by atoms with Crippen molar-refractivity contribution in [2.45, 2.75) is 46.1 Å². The molecule has 2 heteroatoms. The van der Waals surface area contributed by atoms with E-state index in [9.17, 15) is 0 Å². The van der Waals surface area contributed by atoms with Crippen LogP contribution in [-0.2, 0) is 6.54 Å². The van der Waals surface area contributed by atoms with Gasteiger partial charge in [0.25, 0.3) is 0 Å². The molecule has 2 rings (SSSR count). The van der Waals surface area contributed by atoms with Crippen molar-refractivity contribution in [3.8, 4) is 0 Å². The minimum absolute atomic E-state index is 0.817. The van der Waals surface area contributed by atoms with Crippen molar-refractivity contribution in [2.75, 3.05) is 6.54 Å². The maximum atomic E-state index is 4.36. The minimum Gasteiger partial charge on any atom is -0.312 e. The molecular weight excluding hydrogens is 244 g/mol. The first-order valence-electron chi connectivity index (χ1n) is 7.87. The first-order valence-corrected chi connectivity index (χ1v) is 7.87. The topological polar surface area (TPSA) is 24.9 Å². The van der Waals surface area contributed by atoms with Gasteiger partial charge in [0.2, 0.25) is 0 Å². The van der Waals surface area contributed by atoms with Crippen LogP contribution in [0, 0.1) is 5.92 Å². The number of aromatic nitrogens is 1. The van der Waals surface area contributed by atoms with E-state index in [2.05, 4.69) is 48.4 Å². The summed E-state index contributed by atoms with van der Waals surface area (Å²) < 4.78 is 0. The molecule has 0 bridgehead atoms. The minimum atomic E-state index is 0.817. The Kier molecular flexibility index (Phi) is 6.00. The van der Waals surface area contributed by atoms with E-state index in [1.165, 1.54) is 36.6 Å². The first kappa shape index (κ1) is 15.0. The molecular formula is C18H26N2. The van der Waals surface area contributed by atoms with E-state index in [1.54, 1.807) is 0 Å². The maximum Gasteiger partial charge on any atom is 0.0702 e. The number of pyridine rings is 1. The molecule has 0 spiro atoms. The zero-order valence-electron chi connectivity index (χ0n) is 12.7. The largest absolute Gasteiger partial charge is 0.312 e. The third-order valence-electron chi connectivity index (χ3n) is 3.97. The van der Waals surface area contributed by atoms with E-state index in [0.717, 1.165) is 24.5 Å². The van der Waals surface area contributed by atoms with Gasteiger partial charge in [-0.25, -0.2) is 0 Å². The molecule has 0 saturated heterocycles. The zero-order valence-corrected chi connectivity index (χ0v) is 12.7. The molecule has 1 heterocycles. The van der Waals surface area contributed by atoms with Crippen LogP contribution in [0.2, 0.25) is 0 Å². The first-order chi connectivity index (χ1) is 9.83. The van der Waals surface area contributed by atoms with Gasteiger partial charge in [-0.15, -0.1) is 0 Å². The fourth-order valence-corrected chi connectivity index (χ4v) is 2.60. The van der Waals surface area contributed by atoms with Gasteiger partial charge in [0.15, 0.2) is 0 Å². The quantitative estimate of drug-likeness (QED) is 0.761. The number of nitrogens with zero attached hydrogens (tertiary/aromatic N) is 1. The number of hydrogen-bond donors (Lipinski definition) is 1. The van der Waals surface area contributed by atoms with Gasteiger partial charge in [-0.1, -0.05) is 45.2 Å². The average Bonchev–Trinajstić information content (AvgIpc) is 2.50. The Morgan fingerprint density at radius 1 is 1.20 bits per heavy atom. The molecule has 1 aromatic carbocycles. The molecule has 1 N–H and O–H groups in total. The Hall–Kier alpha value is -1.41. The molecule has 1 unspecified atom stereocenters. The Labute approximate surface area is 122 Å². The van der Waals surface area contributed by atoms with Gasteiger partial charge in [0.05, 0.1) is 5.52 Å². The summed E-state index contributed by atoms with van der Waals surface area (Å²) in [6, 6.07) is 10.7. The fraction of sp³-hybridized carbons (Fsp3) is 0.500. The number of nitrogens with one attached hydrogen (secondary N) is 1. The Morgan fingerprint density at radius 3 is 2.90 bits per heavy atom. The van der Waals surface area contributed by atoms with Gasteiger partial charge in [-0.2, -0.15) is 0 Å². The number of rotatable bonds is 8. The van der Waals surface area contributed by atoms with Crippen LogP contribution in [0.1, 0.15) is 45.1 Å². The Bertz CT molecular complexity index is 522. The third-order valence-corrected chi connectivity index (χ3v) is 3.97.